The zero-order valence-electron chi connectivity index (χ0n) is 16.1. The number of hydrogen-bond donors (Lipinski definition) is 0. The van der Waals surface area contributed by atoms with Crippen molar-refractivity contribution in [3.63, 3.8) is 0 Å². The molecule has 0 aliphatic carbocycles. The monoisotopic (exact) mass is 359 g/mol. The van der Waals surface area contributed by atoms with Gasteiger partial charge >= 0.3 is 0 Å². The van der Waals surface area contributed by atoms with Crippen molar-refractivity contribution in [1.29, 1.82) is 0 Å². The topological polar surface area (TPSA) is 21.7 Å². The number of hydrogen-bond acceptors (Lipinski definition) is 3. The lowest BCUT2D eigenvalue weighted by atomic mass is 10.1. The highest BCUT2D eigenvalue weighted by atomic mass is 16.5. The molecule has 3 heteroatoms. The van der Waals surface area contributed by atoms with Crippen LogP contribution in [0.25, 0.3) is 11.8 Å². The van der Waals surface area contributed by atoms with Crippen LogP contribution in [-0.4, -0.2) is 26.1 Å². The highest BCUT2D eigenvalue weighted by Gasteiger charge is 2.06. The van der Waals surface area contributed by atoms with Gasteiger partial charge in [0.05, 0.1) is 7.11 Å². The van der Waals surface area contributed by atoms with Gasteiger partial charge in [-0.1, -0.05) is 42.5 Å². The van der Waals surface area contributed by atoms with Crippen LogP contribution in [0.5, 0.6) is 11.5 Å². The highest BCUT2D eigenvalue weighted by molar-refractivity contribution is 5.80. The molecule has 3 aromatic carbocycles. The first-order chi connectivity index (χ1) is 13.2. The highest BCUT2D eigenvalue weighted by Crippen LogP contribution is 2.24. The first kappa shape index (κ1) is 18.6. The Morgan fingerprint density at radius 1 is 0.815 bits per heavy atom. The third-order valence-corrected chi connectivity index (χ3v) is 4.30. The zero-order chi connectivity index (χ0) is 19.1. The summed E-state index contributed by atoms with van der Waals surface area (Å²) in [6.45, 7) is 0.572. The predicted molar refractivity (Wildman–Crippen MR) is 112 cm³/mol. The molecule has 3 rings (SSSR count). The summed E-state index contributed by atoms with van der Waals surface area (Å²) in [5.41, 5.74) is 4.57. The molecule has 0 heterocycles. The van der Waals surface area contributed by atoms with Gasteiger partial charge in [0.25, 0.3) is 0 Å². The lowest BCUT2D eigenvalue weighted by Crippen LogP contribution is -2.09. The number of ether oxygens (including phenoxy) is 2. The SMILES string of the molecule is COc1ccc(/C=C(/c2ccc(OCc3ccccc3)cc2)N(C)C)cc1. The Morgan fingerprint density at radius 2 is 1.44 bits per heavy atom. The molecule has 0 saturated heterocycles. The molecule has 0 spiro atoms. The zero-order valence-corrected chi connectivity index (χ0v) is 16.1. The Bertz CT molecular complexity index is 867. The van der Waals surface area contributed by atoms with Gasteiger partial charge in [0.1, 0.15) is 18.1 Å². The van der Waals surface area contributed by atoms with Crippen molar-refractivity contribution < 1.29 is 9.47 Å². The van der Waals surface area contributed by atoms with E-state index >= 15 is 0 Å². The maximum Gasteiger partial charge on any atom is 0.119 e. The Hall–Kier alpha value is -3.20. The van der Waals surface area contributed by atoms with Gasteiger partial charge in [-0.3, -0.25) is 0 Å². The molecule has 0 aliphatic heterocycles. The van der Waals surface area contributed by atoms with E-state index in [1.165, 1.54) is 0 Å². The fourth-order valence-corrected chi connectivity index (χ4v) is 2.79. The van der Waals surface area contributed by atoms with E-state index in [0.29, 0.717) is 6.61 Å². The van der Waals surface area contributed by atoms with Gasteiger partial charge in [-0.25, -0.2) is 0 Å². The van der Waals surface area contributed by atoms with Crippen molar-refractivity contribution in [2.45, 2.75) is 6.61 Å². The van der Waals surface area contributed by atoms with E-state index in [1.54, 1.807) is 7.11 Å². The smallest absolute Gasteiger partial charge is 0.119 e. The summed E-state index contributed by atoms with van der Waals surface area (Å²) in [6.07, 6.45) is 2.17. The molecular weight excluding hydrogens is 334 g/mol. The molecule has 138 valence electrons. The summed E-state index contributed by atoms with van der Waals surface area (Å²) in [7, 11) is 5.78. The van der Waals surface area contributed by atoms with Crippen LogP contribution < -0.4 is 9.47 Å². The van der Waals surface area contributed by atoms with E-state index in [-0.39, 0.29) is 0 Å². The van der Waals surface area contributed by atoms with E-state index in [9.17, 15) is 0 Å². The molecule has 27 heavy (non-hydrogen) atoms. The first-order valence-electron chi connectivity index (χ1n) is 8.96. The molecule has 0 atom stereocenters. The van der Waals surface area contributed by atoms with E-state index in [1.807, 2.05) is 42.5 Å². The molecule has 3 aromatic rings. The summed E-state index contributed by atoms with van der Waals surface area (Å²) in [5.74, 6) is 1.73. The van der Waals surface area contributed by atoms with Gasteiger partial charge in [0, 0.05) is 19.8 Å². The molecule has 0 bridgehead atoms. The lowest BCUT2D eigenvalue weighted by Gasteiger charge is -2.18. The van der Waals surface area contributed by atoms with Crippen LogP contribution in [0, 0.1) is 0 Å². The molecule has 0 unspecified atom stereocenters. The van der Waals surface area contributed by atoms with Crippen molar-refractivity contribution in [3.05, 3.63) is 95.6 Å². The predicted octanol–water partition coefficient (Wildman–Crippen LogP) is 5.33. The second kappa shape index (κ2) is 8.95. The van der Waals surface area contributed by atoms with Crippen molar-refractivity contribution >= 4 is 11.8 Å². The van der Waals surface area contributed by atoms with Crippen molar-refractivity contribution in [3.8, 4) is 11.5 Å². The quantitative estimate of drug-likeness (QED) is 0.532. The van der Waals surface area contributed by atoms with Crippen LogP contribution >= 0.6 is 0 Å². The third-order valence-electron chi connectivity index (χ3n) is 4.30. The van der Waals surface area contributed by atoms with E-state index in [0.717, 1.165) is 33.9 Å². The molecule has 0 saturated carbocycles. The Morgan fingerprint density at radius 3 is 2.04 bits per heavy atom. The summed E-state index contributed by atoms with van der Waals surface area (Å²) in [4.78, 5) is 2.12. The lowest BCUT2D eigenvalue weighted by molar-refractivity contribution is 0.306. The second-order valence-corrected chi connectivity index (χ2v) is 6.50. The van der Waals surface area contributed by atoms with Gasteiger partial charge in [0.15, 0.2) is 0 Å². The number of nitrogens with zero attached hydrogens (tertiary/aromatic N) is 1. The Labute approximate surface area is 161 Å². The van der Waals surface area contributed by atoms with Crippen molar-refractivity contribution in [1.82, 2.24) is 4.90 Å². The largest absolute Gasteiger partial charge is 0.497 e. The second-order valence-electron chi connectivity index (χ2n) is 6.50. The Kier molecular flexibility index (Phi) is 6.16. The first-order valence-corrected chi connectivity index (χ1v) is 8.96. The third kappa shape index (κ3) is 5.14. The molecule has 0 aliphatic rings. The van der Waals surface area contributed by atoms with Gasteiger partial charge in [-0.15, -0.1) is 0 Å². The molecule has 0 aromatic heterocycles. The summed E-state index contributed by atoms with van der Waals surface area (Å²) >= 11 is 0. The van der Waals surface area contributed by atoms with Gasteiger partial charge in [-0.05, 0) is 59.2 Å². The minimum atomic E-state index is 0.572. The van der Waals surface area contributed by atoms with Crippen LogP contribution in [-0.2, 0) is 6.61 Å². The van der Waals surface area contributed by atoms with Gasteiger partial charge in [0.2, 0.25) is 0 Å². The molecule has 3 nitrogen and oxygen atoms in total. The summed E-state index contributed by atoms with van der Waals surface area (Å²) in [5, 5.41) is 0. The minimum absolute atomic E-state index is 0.572. The standard InChI is InChI=1S/C24H25NO2/c1-25(2)24(17-19-9-13-22(26-3)14-10-19)21-11-15-23(16-12-21)27-18-20-7-5-4-6-8-20/h4-17H,18H2,1-3H3/b24-17-. The fraction of sp³-hybridized carbons (Fsp3) is 0.167. The van der Waals surface area contributed by atoms with Crippen LogP contribution in [0.2, 0.25) is 0 Å². The number of methoxy groups -OCH3 is 1. The average Bonchev–Trinajstić information content (AvgIpc) is 2.72. The van der Waals surface area contributed by atoms with E-state index in [2.05, 4.69) is 61.5 Å². The molecular formula is C24H25NO2. The summed E-state index contributed by atoms with van der Waals surface area (Å²) < 4.78 is 11.1. The van der Waals surface area contributed by atoms with Crippen LogP contribution in [0.15, 0.2) is 78.9 Å². The number of rotatable bonds is 7. The normalized spacial score (nSPS) is 11.1. The van der Waals surface area contributed by atoms with Crippen molar-refractivity contribution in [2.75, 3.05) is 21.2 Å². The minimum Gasteiger partial charge on any atom is -0.497 e. The maximum absolute atomic E-state index is 5.88. The average molecular weight is 359 g/mol. The molecule has 0 N–H and O–H groups in total. The van der Waals surface area contributed by atoms with Crippen LogP contribution in [0.4, 0.5) is 0 Å². The molecule has 0 fully saturated rings. The fourth-order valence-electron chi connectivity index (χ4n) is 2.79. The van der Waals surface area contributed by atoms with Gasteiger partial charge in [-0.2, -0.15) is 0 Å². The van der Waals surface area contributed by atoms with Gasteiger partial charge < -0.3 is 14.4 Å². The number of benzene rings is 3. The van der Waals surface area contributed by atoms with E-state index in [4.69, 9.17) is 9.47 Å². The maximum atomic E-state index is 5.88. The van der Waals surface area contributed by atoms with Crippen LogP contribution in [0.3, 0.4) is 0 Å². The molecule has 0 amide bonds. The van der Waals surface area contributed by atoms with Crippen molar-refractivity contribution in [2.24, 2.45) is 0 Å². The summed E-state index contributed by atoms with van der Waals surface area (Å²) in [6, 6.07) is 26.5. The van der Waals surface area contributed by atoms with E-state index < -0.39 is 0 Å². The van der Waals surface area contributed by atoms with Crippen LogP contribution in [0.1, 0.15) is 16.7 Å². The Balaban J connectivity index is 1.74. The molecule has 0 radical (unpaired) electrons.